The van der Waals surface area contributed by atoms with Crippen molar-refractivity contribution in [3.63, 3.8) is 0 Å². The zero-order valence-electron chi connectivity index (χ0n) is 21.9. The molecular formula is C27H32FN5O5S. The largest absolute Gasteiger partial charge is 0.379 e. The van der Waals surface area contributed by atoms with Crippen LogP contribution in [0, 0.1) is 5.82 Å². The van der Waals surface area contributed by atoms with Crippen molar-refractivity contribution in [2.24, 2.45) is 0 Å². The van der Waals surface area contributed by atoms with Gasteiger partial charge in [0.25, 0.3) is 11.8 Å². The van der Waals surface area contributed by atoms with E-state index < -0.39 is 27.8 Å². The van der Waals surface area contributed by atoms with E-state index in [2.05, 4.69) is 15.5 Å². The first-order chi connectivity index (χ1) is 18.7. The van der Waals surface area contributed by atoms with Crippen LogP contribution in [0.15, 0.2) is 60.4 Å². The van der Waals surface area contributed by atoms with Crippen LogP contribution in [-0.4, -0.2) is 86.9 Å². The van der Waals surface area contributed by atoms with Crippen LogP contribution < -0.4 is 10.6 Å². The number of rotatable bonds is 10. The van der Waals surface area contributed by atoms with Gasteiger partial charge in [0.15, 0.2) is 0 Å². The van der Waals surface area contributed by atoms with Gasteiger partial charge in [0.05, 0.1) is 24.3 Å². The molecule has 2 aromatic carbocycles. The first-order valence-corrected chi connectivity index (χ1v) is 14.0. The van der Waals surface area contributed by atoms with Crippen molar-refractivity contribution in [2.45, 2.75) is 6.42 Å². The number of aromatic nitrogens is 1. The molecule has 0 spiro atoms. The van der Waals surface area contributed by atoms with E-state index in [1.165, 1.54) is 44.6 Å². The SMILES string of the molecule is CN(C)S(=O)(=O)n1cc(C=C(NC(=O)c2ccccc2F)C(=O)NCCCN2CCOCC2)c2ccccc21. The van der Waals surface area contributed by atoms with E-state index in [4.69, 9.17) is 4.74 Å². The lowest BCUT2D eigenvalue weighted by Crippen LogP contribution is -2.39. The molecule has 2 N–H and O–H groups in total. The summed E-state index contributed by atoms with van der Waals surface area (Å²) in [5.41, 5.74) is 0.437. The van der Waals surface area contributed by atoms with E-state index in [0.717, 1.165) is 34.0 Å². The maximum absolute atomic E-state index is 14.3. The van der Waals surface area contributed by atoms with Gasteiger partial charge >= 0.3 is 10.2 Å². The second kappa shape index (κ2) is 12.5. The van der Waals surface area contributed by atoms with Crippen molar-refractivity contribution in [3.8, 4) is 0 Å². The zero-order valence-corrected chi connectivity index (χ0v) is 22.7. The lowest BCUT2D eigenvalue weighted by atomic mass is 10.1. The summed E-state index contributed by atoms with van der Waals surface area (Å²) in [5, 5.41) is 5.89. The Morgan fingerprint density at radius 2 is 1.77 bits per heavy atom. The standard InChI is InChI=1S/C27H32FN5O5S/c1-31(2)39(36,37)33-19-20(21-8-4-6-11-25(21)33)18-24(30-26(34)22-9-3-5-10-23(22)28)27(35)29-12-7-13-32-14-16-38-17-15-32/h3-6,8-11,18-19H,7,12-17H2,1-2H3,(H,29,35)(H,30,34). The molecule has 4 rings (SSSR count). The molecule has 0 radical (unpaired) electrons. The summed E-state index contributed by atoms with van der Waals surface area (Å²) in [4.78, 5) is 28.4. The van der Waals surface area contributed by atoms with Gasteiger partial charge < -0.3 is 15.4 Å². The summed E-state index contributed by atoms with van der Waals surface area (Å²) in [5.74, 6) is -2.10. The van der Waals surface area contributed by atoms with E-state index in [1.54, 1.807) is 24.3 Å². The number of hydrogen-bond donors (Lipinski definition) is 2. The van der Waals surface area contributed by atoms with Gasteiger partial charge in [-0.25, -0.2) is 8.36 Å². The van der Waals surface area contributed by atoms with Crippen LogP contribution in [0.25, 0.3) is 17.0 Å². The highest BCUT2D eigenvalue weighted by Crippen LogP contribution is 2.25. The highest BCUT2D eigenvalue weighted by atomic mass is 32.2. The molecule has 12 heteroatoms. The Balaban J connectivity index is 1.64. The number of carbonyl (C=O) groups is 2. The van der Waals surface area contributed by atoms with E-state index in [1.807, 2.05) is 0 Å². The van der Waals surface area contributed by atoms with Crippen molar-refractivity contribution in [1.82, 2.24) is 23.8 Å². The average molecular weight is 558 g/mol. The van der Waals surface area contributed by atoms with Gasteiger partial charge in [0.1, 0.15) is 11.5 Å². The number of nitrogens with one attached hydrogen (secondary N) is 2. The topological polar surface area (TPSA) is 113 Å². The Bertz CT molecular complexity index is 1480. The summed E-state index contributed by atoms with van der Waals surface area (Å²) in [6.45, 7) is 4.15. The molecule has 0 bridgehead atoms. The van der Waals surface area contributed by atoms with Gasteiger partial charge in [0.2, 0.25) is 0 Å². The fourth-order valence-corrected chi connectivity index (χ4v) is 5.24. The third kappa shape index (κ3) is 6.71. The highest BCUT2D eigenvalue weighted by molar-refractivity contribution is 7.87. The molecule has 3 aromatic rings. The minimum atomic E-state index is -3.87. The molecule has 0 saturated carbocycles. The van der Waals surface area contributed by atoms with Gasteiger partial charge in [-0.15, -0.1) is 0 Å². The first kappa shape index (κ1) is 28.4. The normalized spacial score (nSPS) is 15.0. The number of benzene rings is 2. The molecule has 1 aromatic heterocycles. The maximum Gasteiger partial charge on any atom is 0.307 e. The van der Waals surface area contributed by atoms with E-state index >= 15 is 0 Å². The van der Waals surface area contributed by atoms with Crippen molar-refractivity contribution >= 4 is 39.0 Å². The summed E-state index contributed by atoms with van der Waals surface area (Å²) in [7, 11) is -1.03. The Labute approximate surface area is 227 Å². The third-order valence-corrected chi connectivity index (χ3v) is 8.09. The number of morpholine rings is 1. The van der Waals surface area contributed by atoms with E-state index in [0.29, 0.717) is 42.6 Å². The molecule has 208 valence electrons. The van der Waals surface area contributed by atoms with Crippen LogP contribution >= 0.6 is 0 Å². The second-order valence-electron chi connectivity index (χ2n) is 9.24. The van der Waals surface area contributed by atoms with Crippen molar-refractivity contribution in [2.75, 3.05) is 53.5 Å². The number of hydrogen-bond acceptors (Lipinski definition) is 6. The summed E-state index contributed by atoms with van der Waals surface area (Å²) >= 11 is 0. The Kier molecular flexibility index (Phi) is 9.12. The molecule has 0 unspecified atom stereocenters. The van der Waals surface area contributed by atoms with E-state index in [-0.39, 0.29) is 11.3 Å². The summed E-state index contributed by atoms with van der Waals surface area (Å²) < 4.78 is 47.7. The third-order valence-electron chi connectivity index (χ3n) is 6.37. The Morgan fingerprint density at radius 1 is 1.08 bits per heavy atom. The van der Waals surface area contributed by atoms with Gasteiger partial charge in [-0.05, 0) is 37.2 Å². The van der Waals surface area contributed by atoms with Crippen LogP contribution in [0.1, 0.15) is 22.3 Å². The van der Waals surface area contributed by atoms with Gasteiger partial charge in [-0.2, -0.15) is 12.7 Å². The summed E-state index contributed by atoms with van der Waals surface area (Å²) in [6, 6.07) is 12.3. The molecule has 1 aliphatic heterocycles. The minimum absolute atomic E-state index is 0.139. The van der Waals surface area contributed by atoms with Gasteiger partial charge in [-0.1, -0.05) is 30.3 Å². The molecule has 1 aliphatic rings. The molecule has 39 heavy (non-hydrogen) atoms. The smallest absolute Gasteiger partial charge is 0.307 e. The van der Waals surface area contributed by atoms with Gasteiger partial charge in [0, 0.05) is 50.9 Å². The zero-order chi connectivity index (χ0) is 28.0. The Morgan fingerprint density at radius 3 is 2.49 bits per heavy atom. The fraction of sp³-hybridized carbons (Fsp3) is 0.333. The minimum Gasteiger partial charge on any atom is -0.379 e. The molecule has 2 heterocycles. The van der Waals surface area contributed by atoms with Crippen LogP contribution in [0.2, 0.25) is 0 Å². The predicted molar refractivity (Wildman–Crippen MR) is 147 cm³/mol. The number of halogens is 1. The van der Waals surface area contributed by atoms with E-state index in [9.17, 15) is 22.4 Å². The number of fused-ring (bicyclic) bond motifs is 1. The maximum atomic E-state index is 14.3. The monoisotopic (exact) mass is 557 g/mol. The predicted octanol–water partition coefficient (Wildman–Crippen LogP) is 2.04. The van der Waals surface area contributed by atoms with Crippen LogP contribution in [0.5, 0.6) is 0 Å². The van der Waals surface area contributed by atoms with Gasteiger partial charge in [-0.3, -0.25) is 14.5 Å². The van der Waals surface area contributed by atoms with Crippen LogP contribution in [-0.2, 0) is 19.7 Å². The van der Waals surface area contributed by atoms with Crippen molar-refractivity contribution in [1.29, 1.82) is 0 Å². The Hall–Kier alpha value is -3.58. The van der Waals surface area contributed by atoms with Crippen molar-refractivity contribution in [3.05, 3.63) is 77.4 Å². The van der Waals surface area contributed by atoms with Crippen LogP contribution in [0.3, 0.4) is 0 Å². The lowest BCUT2D eigenvalue weighted by Gasteiger charge is -2.26. The molecular weight excluding hydrogens is 525 g/mol. The molecule has 2 amide bonds. The number of nitrogens with zero attached hydrogens (tertiary/aromatic N) is 3. The number of amides is 2. The first-order valence-electron chi connectivity index (χ1n) is 12.6. The molecule has 10 nitrogen and oxygen atoms in total. The highest BCUT2D eigenvalue weighted by Gasteiger charge is 2.22. The van der Waals surface area contributed by atoms with Crippen molar-refractivity contribution < 1.29 is 27.1 Å². The average Bonchev–Trinajstić information content (AvgIpc) is 3.30. The number of carbonyl (C=O) groups excluding carboxylic acids is 2. The fourth-order valence-electron chi connectivity index (χ4n) is 4.23. The molecule has 1 saturated heterocycles. The number of para-hydroxylation sites is 1. The van der Waals surface area contributed by atoms with Crippen LogP contribution in [0.4, 0.5) is 4.39 Å². The second-order valence-corrected chi connectivity index (χ2v) is 11.3. The molecule has 1 fully saturated rings. The molecule has 0 aliphatic carbocycles. The summed E-state index contributed by atoms with van der Waals surface area (Å²) in [6.07, 6.45) is 3.47. The number of ether oxygens (including phenoxy) is 1. The lowest BCUT2D eigenvalue weighted by molar-refractivity contribution is -0.117. The molecule has 0 atom stereocenters. The quantitative estimate of drug-likeness (QED) is 0.292.